The number of rotatable bonds is 9. The summed E-state index contributed by atoms with van der Waals surface area (Å²) in [6.07, 6.45) is -0.114. The Morgan fingerprint density at radius 2 is 1.91 bits per heavy atom. The van der Waals surface area contributed by atoms with E-state index in [2.05, 4.69) is 14.8 Å². The second-order valence-corrected chi connectivity index (χ2v) is 9.45. The third-order valence-corrected chi connectivity index (χ3v) is 7.11. The first kappa shape index (κ1) is 25.3. The largest absolute Gasteiger partial charge is 0.433 e. The third-order valence-electron chi connectivity index (χ3n) is 7.11. The summed E-state index contributed by atoms with van der Waals surface area (Å²) in [6, 6.07) is 3.75. The van der Waals surface area contributed by atoms with Gasteiger partial charge >= 0.3 is 6.18 Å². The van der Waals surface area contributed by atoms with Crippen molar-refractivity contribution in [2.24, 2.45) is 0 Å². The Balaban J connectivity index is 1.48. The van der Waals surface area contributed by atoms with Gasteiger partial charge in [-0.1, -0.05) is 13.0 Å². The number of aromatic nitrogens is 1. The van der Waals surface area contributed by atoms with E-state index < -0.39 is 11.9 Å². The summed E-state index contributed by atoms with van der Waals surface area (Å²) >= 11 is 0. The summed E-state index contributed by atoms with van der Waals surface area (Å²) in [7, 11) is 0. The molecule has 0 atom stereocenters. The fraction of sp³-hybridized carbons (Fsp3) is 0.750. The lowest BCUT2D eigenvalue weighted by Gasteiger charge is -2.51. The molecule has 1 aromatic heterocycles. The maximum atomic E-state index is 13.3. The zero-order chi connectivity index (χ0) is 24.2. The molecule has 0 spiro atoms. The van der Waals surface area contributed by atoms with E-state index in [9.17, 15) is 18.0 Å². The number of halogens is 3. The zero-order valence-corrected chi connectivity index (χ0v) is 19.9. The van der Waals surface area contributed by atoms with Gasteiger partial charge in [-0.25, -0.2) is 4.98 Å². The van der Waals surface area contributed by atoms with Gasteiger partial charge in [0.1, 0.15) is 11.5 Å². The van der Waals surface area contributed by atoms with Gasteiger partial charge < -0.3 is 9.47 Å². The normalized spacial score (nSPS) is 22.0. The predicted molar refractivity (Wildman–Crippen MR) is 122 cm³/mol. The molecule has 0 aromatic carbocycles. The Kier molecular flexibility index (Phi) is 8.12. The lowest BCUT2D eigenvalue weighted by molar-refractivity contribution is -0.141. The monoisotopic (exact) mass is 484 g/mol. The Hall–Kier alpha value is -1.75. The molecule has 1 aliphatic carbocycles. The van der Waals surface area contributed by atoms with Crippen LogP contribution in [0.25, 0.3) is 0 Å². The number of carbonyl (C=O) groups excluding carboxylic acids is 1. The summed E-state index contributed by atoms with van der Waals surface area (Å²) in [6.45, 7) is 8.32. The minimum absolute atomic E-state index is 0.0587. The predicted octanol–water partition coefficient (Wildman–Crippen LogP) is 3.19. The highest BCUT2D eigenvalue weighted by Crippen LogP contribution is 2.33. The molecule has 1 saturated carbocycles. The average molecular weight is 485 g/mol. The average Bonchev–Trinajstić information content (AvgIpc) is 3.67. The van der Waals surface area contributed by atoms with Crippen LogP contribution in [-0.4, -0.2) is 91.4 Å². The van der Waals surface area contributed by atoms with Gasteiger partial charge in [0, 0.05) is 64.4 Å². The van der Waals surface area contributed by atoms with Crippen LogP contribution in [0.15, 0.2) is 18.2 Å². The fourth-order valence-corrected chi connectivity index (χ4v) is 4.87. The van der Waals surface area contributed by atoms with E-state index in [-0.39, 0.29) is 23.7 Å². The molecule has 2 saturated heterocycles. The van der Waals surface area contributed by atoms with Gasteiger partial charge in [0.15, 0.2) is 0 Å². The molecule has 0 N–H and O–H groups in total. The van der Waals surface area contributed by atoms with Gasteiger partial charge in [-0.3, -0.25) is 19.5 Å². The molecule has 3 heterocycles. The first-order valence-corrected chi connectivity index (χ1v) is 12.3. The molecular weight excluding hydrogens is 449 g/mol. The van der Waals surface area contributed by atoms with Crippen LogP contribution in [0.4, 0.5) is 19.0 Å². The number of anilines is 1. The van der Waals surface area contributed by atoms with Crippen molar-refractivity contribution in [3.8, 4) is 0 Å². The minimum atomic E-state index is -4.56. The summed E-state index contributed by atoms with van der Waals surface area (Å²) in [4.78, 5) is 23.0. The number of ether oxygens (including phenoxy) is 2. The number of nitrogens with zero attached hydrogens (tertiary/aromatic N) is 4. The number of hydrogen-bond acceptors (Lipinski definition) is 6. The Morgan fingerprint density at radius 3 is 2.53 bits per heavy atom. The highest BCUT2D eigenvalue weighted by atomic mass is 19.4. The highest BCUT2D eigenvalue weighted by Gasteiger charge is 2.43. The molecule has 10 heteroatoms. The van der Waals surface area contributed by atoms with E-state index in [1.165, 1.54) is 29.9 Å². The van der Waals surface area contributed by atoms with Crippen LogP contribution in [0.5, 0.6) is 0 Å². The van der Waals surface area contributed by atoms with Crippen LogP contribution < -0.4 is 4.90 Å². The molecule has 190 valence electrons. The van der Waals surface area contributed by atoms with Crippen LogP contribution in [0.3, 0.4) is 0 Å². The van der Waals surface area contributed by atoms with Gasteiger partial charge in [-0.15, -0.1) is 0 Å². The molecule has 3 fully saturated rings. The van der Waals surface area contributed by atoms with Gasteiger partial charge in [0.05, 0.1) is 12.7 Å². The number of carbonyl (C=O) groups is 1. The molecule has 7 nitrogen and oxygen atoms in total. The number of hydrogen-bond donors (Lipinski definition) is 0. The van der Waals surface area contributed by atoms with E-state index >= 15 is 0 Å². The fourth-order valence-electron chi connectivity index (χ4n) is 4.87. The van der Waals surface area contributed by atoms with Crippen LogP contribution >= 0.6 is 0 Å². The highest BCUT2D eigenvalue weighted by molar-refractivity contribution is 5.92. The van der Waals surface area contributed by atoms with Crippen LogP contribution in [0.2, 0.25) is 0 Å². The molecule has 3 aliphatic rings. The molecule has 0 unspecified atom stereocenters. The van der Waals surface area contributed by atoms with Crippen molar-refractivity contribution in [1.82, 2.24) is 14.8 Å². The summed E-state index contributed by atoms with van der Waals surface area (Å²) in [5.41, 5.74) is -1.34. The van der Waals surface area contributed by atoms with Crippen molar-refractivity contribution in [1.29, 1.82) is 0 Å². The quantitative estimate of drug-likeness (QED) is 0.537. The van der Waals surface area contributed by atoms with E-state index in [1.807, 2.05) is 0 Å². The second kappa shape index (κ2) is 10.9. The van der Waals surface area contributed by atoms with Gasteiger partial charge in [0.2, 0.25) is 5.91 Å². The van der Waals surface area contributed by atoms with E-state index in [4.69, 9.17) is 9.47 Å². The van der Waals surface area contributed by atoms with Crippen LogP contribution in [0, 0.1) is 0 Å². The van der Waals surface area contributed by atoms with E-state index in [0.29, 0.717) is 25.9 Å². The Bertz CT molecular complexity index is 820. The first-order chi connectivity index (χ1) is 16.3. The molecule has 34 heavy (non-hydrogen) atoms. The second-order valence-electron chi connectivity index (χ2n) is 9.45. The van der Waals surface area contributed by atoms with Crippen molar-refractivity contribution < 1.29 is 27.4 Å². The number of alkyl halides is 3. The first-order valence-electron chi connectivity index (χ1n) is 12.3. The van der Waals surface area contributed by atoms with Gasteiger partial charge in [0.25, 0.3) is 0 Å². The lowest BCUT2D eigenvalue weighted by Crippen LogP contribution is -2.63. The number of amides is 1. The smallest absolute Gasteiger partial charge is 0.381 e. The van der Waals surface area contributed by atoms with Gasteiger partial charge in [-0.05, 0) is 37.8 Å². The summed E-state index contributed by atoms with van der Waals surface area (Å²) in [5, 5.41) is 0. The summed E-state index contributed by atoms with van der Waals surface area (Å²) < 4.78 is 51.3. The standard InChI is InChI=1S/C24H35F3N4O3/c1-2-22(32)31(21-5-3-4-20(28-21)24(25,26)27)18-23(8-15-33-16-9-23)30-12-10-29(11-13-30)14-17-34-19-6-7-19/h3-5,19H,2,6-18H2,1H3. The van der Waals surface area contributed by atoms with Crippen molar-refractivity contribution in [2.75, 3.05) is 64.0 Å². The third kappa shape index (κ3) is 6.27. The van der Waals surface area contributed by atoms with E-state index in [1.54, 1.807) is 6.92 Å². The Labute approximate surface area is 199 Å². The molecule has 0 radical (unpaired) electrons. The van der Waals surface area contributed by atoms with Crippen molar-refractivity contribution in [2.45, 2.75) is 56.8 Å². The SMILES string of the molecule is CCC(=O)N(CC1(N2CCN(CCOC3CC3)CC2)CCOCC1)c1cccc(C(F)(F)F)n1. The Morgan fingerprint density at radius 1 is 1.21 bits per heavy atom. The van der Waals surface area contributed by atoms with Gasteiger partial charge in [-0.2, -0.15) is 13.2 Å². The number of piperazine rings is 1. The lowest BCUT2D eigenvalue weighted by atomic mass is 9.86. The van der Waals surface area contributed by atoms with E-state index in [0.717, 1.165) is 58.2 Å². The van der Waals surface area contributed by atoms with Crippen molar-refractivity contribution in [3.05, 3.63) is 23.9 Å². The van der Waals surface area contributed by atoms with Crippen molar-refractivity contribution >= 4 is 11.7 Å². The van der Waals surface area contributed by atoms with Crippen molar-refractivity contribution in [3.63, 3.8) is 0 Å². The maximum Gasteiger partial charge on any atom is 0.433 e. The molecule has 4 rings (SSSR count). The molecule has 0 bridgehead atoms. The molecule has 1 aromatic rings. The minimum Gasteiger partial charge on any atom is -0.381 e. The molecule has 2 aliphatic heterocycles. The topological polar surface area (TPSA) is 58.1 Å². The van der Waals surface area contributed by atoms with Crippen LogP contribution in [0.1, 0.15) is 44.7 Å². The number of pyridine rings is 1. The summed E-state index contributed by atoms with van der Waals surface area (Å²) in [5.74, 6) is -0.169. The van der Waals surface area contributed by atoms with Crippen LogP contribution in [-0.2, 0) is 20.4 Å². The zero-order valence-electron chi connectivity index (χ0n) is 19.9. The molecular formula is C24H35F3N4O3. The maximum absolute atomic E-state index is 13.3. The molecule has 1 amide bonds.